The molecule has 0 fully saturated rings. The van der Waals surface area contributed by atoms with Gasteiger partial charge in [0, 0.05) is 12.6 Å². The van der Waals surface area contributed by atoms with E-state index in [4.69, 9.17) is 9.15 Å². The number of aryl methyl sites for hydroxylation is 2. The van der Waals surface area contributed by atoms with E-state index in [0.29, 0.717) is 22.9 Å². The molecule has 0 atom stereocenters. The van der Waals surface area contributed by atoms with Crippen LogP contribution >= 0.6 is 0 Å². The highest BCUT2D eigenvalue weighted by Crippen LogP contribution is 2.21. The predicted octanol–water partition coefficient (Wildman–Crippen LogP) is 2.82. The van der Waals surface area contributed by atoms with E-state index in [1.807, 2.05) is 26.8 Å². The molecule has 2 aromatic heterocycles. The third-order valence-corrected chi connectivity index (χ3v) is 3.35. The topological polar surface area (TPSA) is 95.1 Å². The lowest BCUT2D eigenvalue weighted by Crippen LogP contribution is -2.12. The third kappa shape index (κ3) is 3.85. The largest absolute Gasteiger partial charge is 0.491 e. The number of aromatic nitrogens is 4. The van der Waals surface area contributed by atoms with E-state index >= 15 is 0 Å². The molecule has 130 valence electrons. The lowest BCUT2D eigenvalue weighted by Gasteiger charge is -2.09. The maximum Gasteiger partial charge on any atom is 0.322 e. The van der Waals surface area contributed by atoms with Gasteiger partial charge in [-0.3, -0.25) is 14.8 Å². The van der Waals surface area contributed by atoms with E-state index in [1.54, 1.807) is 36.0 Å². The number of rotatable bonds is 5. The van der Waals surface area contributed by atoms with Gasteiger partial charge in [-0.2, -0.15) is 5.10 Å². The molecule has 0 aliphatic rings. The summed E-state index contributed by atoms with van der Waals surface area (Å²) >= 11 is 0. The molecule has 2 heterocycles. The summed E-state index contributed by atoms with van der Waals surface area (Å²) in [6.45, 7) is 5.75. The molecule has 1 N–H and O–H groups in total. The molecule has 25 heavy (non-hydrogen) atoms. The van der Waals surface area contributed by atoms with E-state index in [1.165, 1.54) is 0 Å². The van der Waals surface area contributed by atoms with Crippen molar-refractivity contribution in [1.82, 2.24) is 20.0 Å². The predicted molar refractivity (Wildman–Crippen MR) is 91.4 cm³/mol. The number of hydrogen-bond acceptors (Lipinski definition) is 6. The summed E-state index contributed by atoms with van der Waals surface area (Å²) < 4.78 is 12.7. The Balaban J connectivity index is 1.70. The maximum absolute atomic E-state index is 12.3. The Hall–Kier alpha value is -3.16. The van der Waals surface area contributed by atoms with Gasteiger partial charge in [0.05, 0.1) is 11.8 Å². The lowest BCUT2D eigenvalue weighted by atomic mass is 10.2. The number of carbonyl (C=O) groups excluding carboxylic acids is 1. The van der Waals surface area contributed by atoms with Crippen molar-refractivity contribution in [2.45, 2.75) is 26.9 Å². The van der Waals surface area contributed by atoms with Crippen LogP contribution in [0.2, 0.25) is 0 Å². The molecule has 1 aromatic carbocycles. The van der Waals surface area contributed by atoms with Gasteiger partial charge in [0.15, 0.2) is 0 Å². The molecule has 1 amide bonds. The second-order valence-corrected chi connectivity index (χ2v) is 5.85. The van der Waals surface area contributed by atoms with Gasteiger partial charge < -0.3 is 9.15 Å². The van der Waals surface area contributed by atoms with Crippen molar-refractivity contribution in [2.75, 3.05) is 5.32 Å². The number of nitrogens with one attached hydrogen (secondary N) is 1. The van der Waals surface area contributed by atoms with Crippen LogP contribution in [0.4, 0.5) is 6.01 Å². The number of ether oxygens (including phenoxy) is 1. The summed E-state index contributed by atoms with van der Waals surface area (Å²) in [7, 11) is 1.78. The van der Waals surface area contributed by atoms with Crippen LogP contribution < -0.4 is 10.1 Å². The first-order chi connectivity index (χ1) is 11.9. The number of anilines is 1. The summed E-state index contributed by atoms with van der Waals surface area (Å²) in [6, 6.07) is 8.69. The van der Waals surface area contributed by atoms with E-state index in [0.717, 1.165) is 5.69 Å². The maximum atomic E-state index is 12.3. The van der Waals surface area contributed by atoms with Crippen LogP contribution in [-0.4, -0.2) is 32.0 Å². The van der Waals surface area contributed by atoms with E-state index in [2.05, 4.69) is 20.6 Å². The Bertz CT molecular complexity index is 880. The number of amides is 1. The fourth-order valence-electron chi connectivity index (χ4n) is 2.31. The van der Waals surface area contributed by atoms with E-state index < -0.39 is 0 Å². The molecule has 8 nitrogen and oxygen atoms in total. The molecular formula is C17H19N5O3. The molecule has 8 heteroatoms. The third-order valence-electron chi connectivity index (χ3n) is 3.35. The Morgan fingerprint density at radius 3 is 2.56 bits per heavy atom. The van der Waals surface area contributed by atoms with Gasteiger partial charge in [-0.05, 0) is 51.1 Å². The van der Waals surface area contributed by atoms with Crippen LogP contribution in [0.5, 0.6) is 5.75 Å². The van der Waals surface area contributed by atoms with Crippen LogP contribution in [0.3, 0.4) is 0 Å². The number of hydrogen-bond donors (Lipinski definition) is 1. The fourth-order valence-corrected chi connectivity index (χ4v) is 2.31. The van der Waals surface area contributed by atoms with Crippen molar-refractivity contribution in [2.24, 2.45) is 7.05 Å². The highest BCUT2D eigenvalue weighted by Gasteiger charge is 2.15. The molecule has 0 saturated heterocycles. The Kier molecular flexibility index (Phi) is 4.51. The molecule has 0 bridgehead atoms. The highest BCUT2D eigenvalue weighted by molar-refractivity contribution is 6.03. The zero-order valence-electron chi connectivity index (χ0n) is 14.5. The van der Waals surface area contributed by atoms with Gasteiger partial charge in [-0.1, -0.05) is 5.10 Å². The second kappa shape index (κ2) is 6.76. The van der Waals surface area contributed by atoms with Crippen LogP contribution in [0.15, 0.2) is 34.7 Å². The SMILES string of the molecule is Cc1cc(-c2nnc(NC(=O)c3ccc(OC(C)C)cc3)o2)n(C)n1. The van der Waals surface area contributed by atoms with E-state index in [9.17, 15) is 4.79 Å². The molecule has 0 aliphatic carbocycles. The lowest BCUT2D eigenvalue weighted by molar-refractivity contribution is 0.102. The van der Waals surface area contributed by atoms with Crippen LogP contribution in [0.1, 0.15) is 29.9 Å². The Labute approximate surface area is 144 Å². The van der Waals surface area contributed by atoms with Crippen molar-refractivity contribution in [3.05, 3.63) is 41.6 Å². The average Bonchev–Trinajstić information content (AvgIpc) is 3.13. The monoisotopic (exact) mass is 341 g/mol. The minimum Gasteiger partial charge on any atom is -0.491 e. The number of carbonyl (C=O) groups is 1. The molecule has 0 spiro atoms. The fraction of sp³-hybridized carbons (Fsp3) is 0.294. The normalized spacial score (nSPS) is 10.9. The average molecular weight is 341 g/mol. The van der Waals surface area contributed by atoms with Crippen LogP contribution in [0.25, 0.3) is 11.6 Å². The summed E-state index contributed by atoms with van der Waals surface area (Å²) in [5.74, 6) is 0.657. The molecule has 3 rings (SSSR count). The minimum atomic E-state index is -0.340. The quantitative estimate of drug-likeness (QED) is 0.767. The summed E-state index contributed by atoms with van der Waals surface area (Å²) in [6.07, 6.45) is 0.0760. The van der Waals surface area contributed by atoms with Gasteiger partial charge in [0.2, 0.25) is 0 Å². The Morgan fingerprint density at radius 2 is 1.96 bits per heavy atom. The van der Waals surface area contributed by atoms with Gasteiger partial charge in [-0.25, -0.2) is 0 Å². The first kappa shape index (κ1) is 16.7. The first-order valence-corrected chi connectivity index (χ1v) is 7.85. The van der Waals surface area contributed by atoms with Gasteiger partial charge in [0.25, 0.3) is 11.8 Å². The molecule has 0 unspecified atom stereocenters. The molecule has 0 aliphatic heterocycles. The van der Waals surface area contributed by atoms with Crippen molar-refractivity contribution in [3.8, 4) is 17.3 Å². The molecular weight excluding hydrogens is 322 g/mol. The second-order valence-electron chi connectivity index (χ2n) is 5.85. The molecule has 3 aromatic rings. The van der Waals surface area contributed by atoms with Crippen LogP contribution in [-0.2, 0) is 7.05 Å². The zero-order valence-corrected chi connectivity index (χ0v) is 14.5. The number of benzene rings is 1. The summed E-state index contributed by atoms with van der Waals surface area (Å²) in [5.41, 5.74) is 1.98. The smallest absolute Gasteiger partial charge is 0.322 e. The van der Waals surface area contributed by atoms with Crippen molar-refractivity contribution < 1.29 is 13.9 Å². The summed E-state index contributed by atoms with van der Waals surface area (Å²) in [4.78, 5) is 12.3. The standard InChI is InChI=1S/C17H19N5O3/c1-10(2)24-13-7-5-12(6-8-13)15(23)18-17-20-19-16(25-17)14-9-11(3)21-22(14)4/h5-10H,1-4H3,(H,18,20,23). The van der Waals surface area contributed by atoms with Crippen molar-refractivity contribution in [1.29, 1.82) is 0 Å². The number of nitrogens with zero attached hydrogens (tertiary/aromatic N) is 4. The zero-order chi connectivity index (χ0) is 18.0. The minimum absolute atomic E-state index is 0.0290. The highest BCUT2D eigenvalue weighted by atomic mass is 16.5. The Morgan fingerprint density at radius 1 is 1.24 bits per heavy atom. The molecule has 0 radical (unpaired) electrons. The van der Waals surface area contributed by atoms with Crippen LogP contribution in [0, 0.1) is 6.92 Å². The summed E-state index contributed by atoms with van der Waals surface area (Å²) in [5, 5.41) is 14.6. The van der Waals surface area contributed by atoms with Gasteiger partial charge in [-0.15, -0.1) is 5.10 Å². The van der Waals surface area contributed by atoms with Crippen molar-refractivity contribution >= 4 is 11.9 Å². The van der Waals surface area contributed by atoms with Gasteiger partial charge in [0.1, 0.15) is 11.4 Å². The first-order valence-electron chi connectivity index (χ1n) is 7.85. The molecule has 0 saturated carbocycles. The van der Waals surface area contributed by atoms with E-state index in [-0.39, 0.29) is 18.0 Å². The van der Waals surface area contributed by atoms with Gasteiger partial charge >= 0.3 is 6.01 Å². The van der Waals surface area contributed by atoms with Crippen molar-refractivity contribution in [3.63, 3.8) is 0 Å².